The first-order valence-electron chi connectivity index (χ1n) is 15.9. The first kappa shape index (κ1) is 29.5. The Hall–Kier alpha value is -0.780. The molecule has 1 aliphatic rings. The summed E-state index contributed by atoms with van der Waals surface area (Å²) in [6.07, 6.45) is 32.8. The third-order valence-electron chi connectivity index (χ3n) is 8.56. The van der Waals surface area contributed by atoms with E-state index in [4.69, 9.17) is 0 Å². The topological polar surface area (TPSA) is 0 Å². The van der Waals surface area contributed by atoms with Crippen LogP contribution in [0.25, 0.3) is 0 Å². The van der Waals surface area contributed by atoms with Crippen LogP contribution in [0.1, 0.15) is 178 Å². The molecule has 0 aliphatic heterocycles. The predicted octanol–water partition coefficient (Wildman–Crippen LogP) is 11.7. The zero-order valence-corrected chi connectivity index (χ0v) is 23.7. The number of aryl methyl sites for hydroxylation is 1. The highest BCUT2D eigenvalue weighted by Gasteiger charge is 2.19. The molecule has 0 spiro atoms. The van der Waals surface area contributed by atoms with Gasteiger partial charge in [0.1, 0.15) is 0 Å². The van der Waals surface area contributed by atoms with E-state index in [-0.39, 0.29) is 0 Å². The van der Waals surface area contributed by atoms with Crippen LogP contribution in [0.5, 0.6) is 0 Å². The van der Waals surface area contributed by atoms with E-state index in [0.29, 0.717) is 0 Å². The maximum Gasteiger partial charge on any atom is -0.0159 e. The molecule has 0 saturated heterocycles. The van der Waals surface area contributed by atoms with Gasteiger partial charge in [0.25, 0.3) is 0 Å². The highest BCUT2D eigenvalue weighted by atomic mass is 14.2. The van der Waals surface area contributed by atoms with Gasteiger partial charge in [-0.25, -0.2) is 0 Å². The van der Waals surface area contributed by atoms with E-state index in [2.05, 4.69) is 39.0 Å². The molecule has 34 heavy (non-hydrogen) atoms. The monoisotopic (exact) mass is 468 g/mol. The van der Waals surface area contributed by atoms with E-state index in [1.807, 2.05) is 0 Å². The molecule has 2 rings (SSSR count). The molecular formula is C34H60. The van der Waals surface area contributed by atoms with E-state index in [1.54, 1.807) is 16.7 Å². The standard InChI is InChI=1S/C34H60/c1-4-7-8-9-10-11-12-13-14-15-16-26-32(27-19-25-30-23-17-18-24-30)34-29-20-28-31(21-5-2)33(34)22-6-3/h20,28-30,32H,4-19,21-27H2,1-3H3. The number of unbranched alkanes of at least 4 members (excludes halogenated alkanes) is 10. The number of hydrogen-bond acceptors (Lipinski definition) is 0. The second-order valence-corrected chi connectivity index (χ2v) is 11.6. The lowest BCUT2D eigenvalue weighted by Gasteiger charge is -2.24. The van der Waals surface area contributed by atoms with Gasteiger partial charge >= 0.3 is 0 Å². The molecule has 0 N–H and O–H groups in total. The lowest BCUT2D eigenvalue weighted by atomic mass is 9.82. The summed E-state index contributed by atoms with van der Waals surface area (Å²) in [5.74, 6) is 1.85. The molecule has 1 aromatic carbocycles. The Balaban J connectivity index is 1.83. The van der Waals surface area contributed by atoms with Gasteiger partial charge in [-0.1, -0.05) is 161 Å². The van der Waals surface area contributed by atoms with Crippen LogP contribution < -0.4 is 0 Å². The summed E-state index contributed by atoms with van der Waals surface area (Å²) in [5.41, 5.74) is 5.13. The molecule has 1 unspecified atom stereocenters. The minimum Gasteiger partial charge on any atom is -0.0654 e. The first-order chi connectivity index (χ1) is 16.8. The number of rotatable bonds is 21. The molecule has 1 fully saturated rings. The average molecular weight is 469 g/mol. The average Bonchev–Trinajstić information content (AvgIpc) is 3.36. The van der Waals surface area contributed by atoms with E-state index < -0.39 is 0 Å². The van der Waals surface area contributed by atoms with Gasteiger partial charge in [-0.05, 0) is 54.2 Å². The second-order valence-electron chi connectivity index (χ2n) is 11.6. The van der Waals surface area contributed by atoms with Crippen molar-refractivity contribution >= 4 is 0 Å². The summed E-state index contributed by atoms with van der Waals surface area (Å²) < 4.78 is 0. The fraction of sp³-hybridized carbons (Fsp3) is 0.824. The first-order valence-corrected chi connectivity index (χ1v) is 15.9. The Kier molecular flexibility index (Phi) is 16.8. The smallest absolute Gasteiger partial charge is 0.0159 e. The predicted molar refractivity (Wildman–Crippen MR) is 154 cm³/mol. The molecule has 1 atom stereocenters. The highest BCUT2D eigenvalue weighted by molar-refractivity contribution is 5.38. The molecule has 1 saturated carbocycles. The van der Waals surface area contributed by atoms with E-state index in [9.17, 15) is 0 Å². The fourth-order valence-electron chi connectivity index (χ4n) is 6.56. The van der Waals surface area contributed by atoms with Gasteiger partial charge in [0.2, 0.25) is 0 Å². The maximum atomic E-state index is 2.52. The van der Waals surface area contributed by atoms with E-state index in [0.717, 1.165) is 11.8 Å². The molecular weight excluding hydrogens is 408 g/mol. The lowest BCUT2D eigenvalue weighted by molar-refractivity contribution is 0.435. The highest BCUT2D eigenvalue weighted by Crippen LogP contribution is 2.35. The summed E-state index contributed by atoms with van der Waals surface area (Å²) in [5, 5.41) is 0. The lowest BCUT2D eigenvalue weighted by Crippen LogP contribution is -2.08. The van der Waals surface area contributed by atoms with Gasteiger partial charge in [0.15, 0.2) is 0 Å². The summed E-state index contributed by atoms with van der Waals surface area (Å²) in [6.45, 7) is 7.02. The van der Waals surface area contributed by atoms with Crippen LogP contribution in [0.15, 0.2) is 18.2 Å². The van der Waals surface area contributed by atoms with Crippen molar-refractivity contribution in [3.63, 3.8) is 0 Å². The van der Waals surface area contributed by atoms with Gasteiger partial charge < -0.3 is 0 Å². The molecule has 1 aliphatic carbocycles. The summed E-state index contributed by atoms with van der Waals surface area (Å²) >= 11 is 0. The van der Waals surface area contributed by atoms with E-state index in [1.165, 1.54) is 148 Å². The van der Waals surface area contributed by atoms with Crippen LogP contribution in [0, 0.1) is 5.92 Å². The Labute approximate surface area is 215 Å². The second kappa shape index (κ2) is 19.4. The van der Waals surface area contributed by atoms with Crippen molar-refractivity contribution in [1.29, 1.82) is 0 Å². The minimum absolute atomic E-state index is 0.804. The number of benzene rings is 1. The van der Waals surface area contributed by atoms with Gasteiger partial charge in [-0.2, -0.15) is 0 Å². The summed E-state index contributed by atoms with van der Waals surface area (Å²) in [6, 6.07) is 7.32. The molecule has 1 aromatic rings. The van der Waals surface area contributed by atoms with Crippen LogP contribution in [0.3, 0.4) is 0 Å². The normalized spacial score (nSPS) is 15.3. The SMILES string of the molecule is CCCCCCCCCCCCCC(CCCC1CCCC1)c1cccc(CCC)c1CCC. The Morgan fingerprint density at radius 3 is 1.85 bits per heavy atom. The van der Waals surface area contributed by atoms with Crippen molar-refractivity contribution in [2.75, 3.05) is 0 Å². The van der Waals surface area contributed by atoms with Crippen LogP contribution in [-0.2, 0) is 12.8 Å². The largest absolute Gasteiger partial charge is 0.0654 e. The molecule has 0 radical (unpaired) electrons. The van der Waals surface area contributed by atoms with Crippen molar-refractivity contribution < 1.29 is 0 Å². The molecule has 0 bridgehead atoms. The molecule has 0 aromatic heterocycles. The minimum atomic E-state index is 0.804. The Bertz CT molecular complexity index is 594. The van der Waals surface area contributed by atoms with Gasteiger partial charge in [-0.3, -0.25) is 0 Å². The summed E-state index contributed by atoms with van der Waals surface area (Å²) in [4.78, 5) is 0. The van der Waals surface area contributed by atoms with Crippen molar-refractivity contribution in [1.82, 2.24) is 0 Å². The molecule has 0 amide bonds. The van der Waals surface area contributed by atoms with Gasteiger partial charge in [-0.15, -0.1) is 0 Å². The molecule has 196 valence electrons. The third-order valence-corrected chi connectivity index (χ3v) is 8.56. The summed E-state index contributed by atoms with van der Waals surface area (Å²) in [7, 11) is 0. The number of hydrogen-bond donors (Lipinski definition) is 0. The van der Waals surface area contributed by atoms with Crippen molar-refractivity contribution in [3.8, 4) is 0 Å². The quantitative estimate of drug-likeness (QED) is 0.157. The van der Waals surface area contributed by atoms with Crippen LogP contribution in [0.2, 0.25) is 0 Å². The van der Waals surface area contributed by atoms with Crippen molar-refractivity contribution in [2.45, 2.75) is 174 Å². The third kappa shape index (κ3) is 11.8. The van der Waals surface area contributed by atoms with Crippen LogP contribution >= 0.6 is 0 Å². The molecule has 0 heterocycles. The zero-order valence-electron chi connectivity index (χ0n) is 23.7. The Morgan fingerprint density at radius 2 is 1.24 bits per heavy atom. The Morgan fingerprint density at radius 1 is 0.647 bits per heavy atom. The van der Waals surface area contributed by atoms with Crippen LogP contribution in [-0.4, -0.2) is 0 Å². The molecule has 0 nitrogen and oxygen atoms in total. The van der Waals surface area contributed by atoms with Gasteiger partial charge in [0.05, 0.1) is 0 Å². The zero-order chi connectivity index (χ0) is 24.3. The van der Waals surface area contributed by atoms with E-state index >= 15 is 0 Å². The van der Waals surface area contributed by atoms with Crippen molar-refractivity contribution in [3.05, 3.63) is 34.9 Å². The fourth-order valence-corrected chi connectivity index (χ4v) is 6.56. The molecule has 0 heteroatoms. The van der Waals surface area contributed by atoms with Gasteiger partial charge in [0, 0.05) is 0 Å². The van der Waals surface area contributed by atoms with Crippen LogP contribution in [0.4, 0.5) is 0 Å². The maximum absolute atomic E-state index is 2.52. The van der Waals surface area contributed by atoms with Crippen molar-refractivity contribution in [2.24, 2.45) is 5.92 Å².